The molecule has 6 aromatic rings. The summed E-state index contributed by atoms with van der Waals surface area (Å²) in [5.74, 6) is -1.78. The molecule has 0 spiro atoms. The summed E-state index contributed by atoms with van der Waals surface area (Å²) in [5, 5.41) is 12.8. The number of hydrogen-bond acceptors (Lipinski definition) is 8. The lowest BCUT2D eigenvalue weighted by molar-refractivity contribution is -0.122. The third-order valence-corrected chi connectivity index (χ3v) is 11.1. The average molecular weight is 903 g/mol. The highest BCUT2D eigenvalue weighted by molar-refractivity contribution is 6.19. The number of halogens is 1. The number of rotatable bonds is 14. The highest BCUT2D eigenvalue weighted by Gasteiger charge is 2.35. The molecule has 338 valence electrons. The molecule has 3 aromatic heterocycles. The molecule has 1 unspecified atom stereocenters. The van der Waals surface area contributed by atoms with E-state index >= 15 is 0 Å². The minimum absolute atomic E-state index is 0.0980. The summed E-state index contributed by atoms with van der Waals surface area (Å²) < 4.78 is 16.5. The standard InChI is InChI=1S/C48H51ClN8O8/c1-28(58)50-31-13-14-35-36(17-31)41(64-27-29-11-9-8-10-12-29)21-37-44(35)30(22-49)23-57(37)43(60)16-15-42(59)51-32-18-38(54(5)24-32)45(61)52-33-19-39(55(6)25-33)46(62)53-34-20-40(56(7)26-34)47(63)65-48(2,3)4/h8-14,17-21,24-26,30H,15-16,22-23,27H2,1-7H3,(H,50,58)(H,51,59)(H,52,61)(H,53,62). The molecule has 5 amide bonds. The molecule has 1 aliphatic rings. The number of fused-ring (bicyclic) bond motifs is 3. The van der Waals surface area contributed by atoms with Gasteiger partial charge in [-0.25, -0.2) is 4.79 Å². The van der Waals surface area contributed by atoms with Crippen LogP contribution in [0.1, 0.15) is 89.0 Å². The normalized spacial score (nSPS) is 13.3. The highest BCUT2D eigenvalue weighted by Crippen LogP contribution is 2.46. The van der Waals surface area contributed by atoms with Gasteiger partial charge in [0.15, 0.2) is 0 Å². The van der Waals surface area contributed by atoms with Crippen LogP contribution in [0.15, 0.2) is 91.4 Å². The van der Waals surface area contributed by atoms with E-state index in [1.54, 1.807) is 79.1 Å². The number of aryl methyl sites for hydroxylation is 3. The van der Waals surface area contributed by atoms with Gasteiger partial charge in [0.2, 0.25) is 17.7 Å². The van der Waals surface area contributed by atoms with Crippen molar-refractivity contribution < 1.29 is 38.2 Å². The molecule has 0 bridgehead atoms. The first-order valence-electron chi connectivity index (χ1n) is 20.9. The molecule has 4 heterocycles. The first kappa shape index (κ1) is 45.7. The Balaban J connectivity index is 0.986. The van der Waals surface area contributed by atoms with Crippen LogP contribution in [0.5, 0.6) is 5.75 Å². The fourth-order valence-corrected chi connectivity index (χ4v) is 8.07. The van der Waals surface area contributed by atoms with Gasteiger partial charge in [0.1, 0.15) is 35.0 Å². The maximum atomic E-state index is 13.9. The molecule has 3 aromatic carbocycles. The van der Waals surface area contributed by atoms with Crippen LogP contribution >= 0.6 is 11.6 Å². The predicted molar refractivity (Wildman–Crippen MR) is 250 cm³/mol. The molecule has 17 heteroatoms. The number of anilines is 5. The van der Waals surface area contributed by atoms with Crippen molar-refractivity contribution in [1.82, 2.24) is 13.7 Å². The second-order valence-electron chi connectivity index (χ2n) is 17.0. The Bertz CT molecular complexity index is 2840. The Kier molecular flexibility index (Phi) is 13.2. The lowest BCUT2D eigenvalue weighted by Crippen LogP contribution is -2.30. The maximum Gasteiger partial charge on any atom is 0.355 e. The lowest BCUT2D eigenvalue weighted by atomic mass is 9.95. The zero-order chi connectivity index (χ0) is 46.7. The summed E-state index contributed by atoms with van der Waals surface area (Å²) in [6.45, 7) is 7.34. The zero-order valence-electron chi connectivity index (χ0n) is 37.2. The van der Waals surface area contributed by atoms with Crippen LogP contribution in [0.25, 0.3) is 10.8 Å². The number of alkyl halides is 1. The minimum Gasteiger partial charge on any atom is -0.488 e. The predicted octanol–water partition coefficient (Wildman–Crippen LogP) is 7.94. The van der Waals surface area contributed by atoms with Crippen LogP contribution in [-0.2, 0) is 46.9 Å². The number of nitrogens with zero attached hydrogens (tertiary/aromatic N) is 4. The quantitative estimate of drug-likeness (QED) is 0.0627. The summed E-state index contributed by atoms with van der Waals surface area (Å²) in [4.78, 5) is 80.0. The first-order valence-corrected chi connectivity index (χ1v) is 21.5. The molecule has 7 rings (SSSR count). The molecule has 0 aliphatic carbocycles. The summed E-state index contributed by atoms with van der Waals surface area (Å²) in [5.41, 5.74) is 4.27. The summed E-state index contributed by atoms with van der Waals surface area (Å²) in [7, 11) is 4.99. The third-order valence-electron chi connectivity index (χ3n) is 10.7. The Labute approximate surface area is 380 Å². The van der Waals surface area contributed by atoms with Crippen LogP contribution in [0, 0.1) is 0 Å². The van der Waals surface area contributed by atoms with Crippen molar-refractivity contribution in [1.29, 1.82) is 0 Å². The molecule has 1 atom stereocenters. The number of carbonyl (C=O) groups is 6. The topological polar surface area (TPSA) is 187 Å². The Morgan fingerprint density at radius 3 is 1.86 bits per heavy atom. The van der Waals surface area contributed by atoms with Crippen LogP contribution in [0.3, 0.4) is 0 Å². The maximum absolute atomic E-state index is 13.9. The zero-order valence-corrected chi connectivity index (χ0v) is 38.0. The SMILES string of the molecule is CC(=O)Nc1ccc2c3c(cc(OCc4ccccc4)c2c1)N(C(=O)CCC(=O)Nc1cc(C(=O)Nc2cc(C(=O)Nc4cc(C(=O)OC(C)(C)C)n(C)c4)n(C)c2)n(C)c1)CC3CCl. The van der Waals surface area contributed by atoms with Crippen molar-refractivity contribution in [3.63, 3.8) is 0 Å². The lowest BCUT2D eigenvalue weighted by Gasteiger charge is -2.20. The van der Waals surface area contributed by atoms with Gasteiger partial charge in [0, 0.05) is 95.0 Å². The Morgan fingerprint density at radius 2 is 1.28 bits per heavy atom. The molecule has 65 heavy (non-hydrogen) atoms. The summed E-state index contributed by atoms with van der Waals surface area (Å²) in [6, 6.07) is 21.7. The highest BCUT2D eigenvalue weighted by atomic mass is 35.5. The van der Waals surface area contributed by atoms with E-state index in [0.717, 1.165) is 21.9 Å². The van der Waals surface area contributed by atoms with Crippen molar-refractivity contribution in [2.45, 2.75) is 58.7 Å². The van der Waals surface area contributed by atoms with E-state index in [4.69, 9.17) is 21.1 Å². The van der Waals surface area contributed by atoms with E-state index in [1.807, 2.05) is 54.6 Å². The van der Waals surface area contributed by atoms with Gasteiger partial charge in [-0.05, 0) is 67.6 Å². The van der Waals surface area contributed by atoms with Crippen LogP contribution in [0.4, 0.5) is 28.4 Å². The van der Waals surface area contributed by atoms with Gasteiger partial charge in [-0.2, -0.15) is 0 Å². The van der Waals surface area contributed by atoms with Gasteiger partial charge < -0.3 is 49.3 Å². The second kappa shape index (κ2) is 18.8. The van der Waals surface area contributed by atoms with Crippen molar-refractivity contribution >= 4 is 86.3 Å². The van der Waals surface area contributed by atoms with Crippen molar-refractivity contribution in [3.8, 4) is 5.75 Å². The van der Waals surface area contributed by atoms with E-state index in [-0.39, 0.29) is 60.1 Å². The van der Waals surface area contributed by atoms with Crippen molar-refractivity contribution in [3.05, 3.63) is 120 Å². The van der Waals surface area contributed by atoms with Crippen molar-refractivity contribution in [2.75, 3.05) is 38.6 Å². The molecule has 0 radical (unpaired) electrons. The van der Waals surface area contributed by atoms with Gasteiger partial charge >= 0.3 is 5.97 Å². The molecule has 4 N–H and O–H groups in total. The fourth-order valence-electron chi connectivity index (χ4n) is 7.81. The number of ether oxygens (including phenoxy) is 2. The monoisotopic (exact) mass is 902 g/mol. The van der Waals surface area contributed by atoms with E-state index < -0.39 is 29.3 Å². The molecular formula is C48H51ClN8O8. The first-order chi connectivity index (χ1) is 30.9. The molecule has 0 fully saturated rings. The number of amides is 5. The molecule has 0 saturated heterocycles. The number of hydrogen-bond donors (Lipinski definition) is 4. The summed E-state index contributed by atoms with van der Waals surface area (Å²) >= 11 is 6.51. The minimum atomic E-state index is -0.684. The van der Waals surface area contributed by atoms with E-state index in [9.17, 15) is 28.8 Å². The summed E-state index contributed by atoms with van der Waals surface area (Å²) in [6.07, 6.45) is 4.55. The van der Waals surface area contributed by atoms with E-state index in [2.05, 4.69) is 21.3 Å². The van der Waals surface area contributed by atoms with E-state index in [0.29, 0.717) is 40.7 Å². The van der Waals surface area contributed by atoms with Gasteiger partial charge in [-0.3, -0.25) is 24.0 Å². The van der Waals surface area contributed by atoms with Gasteiger partial charge in [0.05, 0.1) is 22.7 Å². The smallest absolute Gasteiger partial charge is 0.355 e. The molecular weight excluding hydrogens is 852 g/mol. The van der Waals surface area contributed by atoms with Crippen molar-refractivity contribution in [2.24, 2.45) is 21.1 Å². The number of benzene rings is 3. The number of nitrogens with one attached hydrogen (secondary N) is 4. The van der Waals surface area contributed by atoms with Crippen LogP contribution in [0.2, 0.25) is 0 Å². The largest absolute Gasteiger partial charge is 0.488 e. The third kappa shape index (κ3) is 10.6. The van der Waals surface area contributed by atoms with Gasteiger partial charge in [0.25, 0.3) is 11.8 Å². The van der Waals surface area contributed by atoms with E-state index in [1.165, 1.54) is 25.1 Å². The molecule has 1 aliphatic heterocycles. The Hall–Kier alpha value is -7.33. The van der Waals surface area contributed by atoms with Gasteiger partial charge in [-0.15, -0.1) is 11.6 Å². The Morgan fingerprint density at radius 1 is 0.692 bits per heavy atom. The van der Waals surface area contributed by atoms with Gasteiger partial charge in [-0.1, -0.05) is 36.4 Å². The number of carbonyl (C=O) groups excluding carboxylic acids is 6. The number of esters is 1. The second-order valence-corrected chi connectivity index (χ2v) is 17.3. The van der Waals surface area contributed by atoms with Crippen LogP contribution in [-0.4, -0.2) is 67.2 Å². The van der Waals surface area contributed by atoms with Crippen LogP contribution < -0.4 is 30.9 Å². The average Bonchev–Trinajstić information content (AvgIpc) is 4.01. The fraction of sp³-hybridized carbons (Fsp3) is 0.292. The molecule has 0 saturated carbocycles. The molecule has 16 nitrogen and oxygen atoms in total. The number of aromatic nitrogens is 3.